The smallest absolute Gasteiger partial charge is 0.271 e. The molecule has 0 atom stereocenters. The van der Waals surface area contributed by atoms with Crippen LogP contribution in [0.25, 0.3) is 0 Å². The quantitative estimate of drug-likeness (QED) is 0.340. The molecule has 0 saturated carbocycles. The monoisotopic (exact) mass is 345 g/mol. The fourth-order valence-electron chi connectivity index (χ4n) is 1.96. The fourth-order valence-corrected chi connectivity index (χ4v) is 2.16. The minimum atomic E-state index is -0.596. The van der Waals surface area contributed by atoms with Gasteiger partial charge in [-0.1, -0.05) is 19.1 Å². The number of benzene rings is 2. The van der Waals surface area contributed by atoms with E-state index < -0.39 is 10.8 Å². The average Bonchev–Trinajstić information content (AvgIpc) is 2.56. The van der Waals surface area contributed by atoms with E-state index in [-0.39, 0.29) is 22.2 Å². The molecule has 0 aliphatic carbocycles. The predicted molar refractivity (Wildman–Crippen MR) is 94.3 cm³/mol. The number of rotatable bonds is 4. The third-order valence-corrected chi connectivity index (χ3v) is 3.49. The second kappa shape index (κ2) is 7.51. The Hall–Kier alpha value is -3.00. The molecule has 0 saturated heterocycles. The number of amides is 1. The average molecular weight is 345 g/mol. The zero-order valence-electron chi connectivity index (χ0n) is 12.8. The lowest BCUT2D eigenvalue weighted by Gasteiger charge is -2.11. The lowest BCUT2D eigenvalue weighted by molar-refractivity contribution is -0.384. The number of nitrogens with one attached hydrogen (secondary N) is 2. The molecule has 7 nitrogen and oxygen atoms in total. The van der Waals surface area contributed by atoms with Gasteiger partial charge in [0.05, 0.1) is 10.6 Å². The number of carbonyl (C=O) groups is 1. The second-order valence-electron chi connectivity index (χ2n) is 4.92. The van der Waals surface area contributed by atoms with Gasteiger partial charge in [-0.2, -0.15) is 0 Å². The molecule has 0 heterocycles. The van der Waals surface area contributed by atoms with Crippen molar-refractivity contribution in [2.75, 3.05) is 5.32 Å². The summed E-state index contributed by atoms with van der Waals surface area (Å²) in [6, 6.07) is 10.5. The lowest BCUT2D eigenvalue weighted by Crippen LogP contribution is -2.34. The first kappa shape index (κ1) is 17.4. The summed E-state index contributed by atoms with van der Waals surface area (Å²) in [7, 11) is 0. The number of thiocarbonyl (C=S) groups is 1. The largest absolute Gasteiger partial charge is 0.506 e. The van der Waals surface area contributed by atoms with Gasteiger partial charge in [-0.05, 0) is 42.4 Å². The number of phenolic OH excluding ortho intramolecular Hbond substituents is 1. The molecule has 0 bridgehead atoms. The number of nitro groups is 1. The Balaban J connectivity index is 2.06. The second-order valence-corrected chi connectivity index (χ2v) is 5.33. The van der Waals surface area contributed by atoms with Crippen molar-refractivity contribution in [2.24, 2.45) is 0 Å². The number of carbonyl (C=O) groups excluding carboxylic acids is 1. The van der Waals surface area contributed by atoms with Crippen LogP contribution in [0.15, 0.2) is 42.5 Å². The van der Waals surface area contributed by atoms with Gasteiger partial charge in [-0.25, -0.2) is 0 Å². The molecule has 2 rings (SSSR count). The van der Waals surface area contributed by atoms with Crippen molar-refractivity contribution in [2.45, 2.75) is 13.3 Å². The highest BCUT2D eigenvalue weighted by atomic mass is 32.1. The lowest BCUT2D eigenvalue weighted by atomic mass is 10.1. The highest BCUT2D eigenvalue weighted by Gasteiger charge is 2.13. The maximum absolute atomic E-state index is 12.1. The number of nitro benzene ring substituents is 1. The SMILES string of the molecule is CCc1ccc(C(=O)NC(=S)Nc2cc([N+](=O)[O-])ccc2O)cc1. The molecule has 8 heteroatoms. The van der Waals surface area contributed by atoms with Gasteiger partial charge in [0, 0.05) is 17.7 Å². The van der Waals surface area contributed by atoms with E-state index in [1.165, 1.54) is 6.07 Å². The Morgan fingerprint density at radius 2 is 1.92 bits per heavy atom. The number of hydrogen-bond donors (Lipinski definition) is 3. The van der Waals surface area contributed by atoms with Crippen LogP contribution in [0.1, 0.15) is 22.8 Å². The molecule has 2 aromatic carbocycles. The van der Waals surface area contributed by atoms with Crippen LogP contribution in [-0.2, 0) is 6.42 Å². The van der Waals surface area contributed by atoms with E-state index in [1.807, 2.05) is 19.1 Å². The normalized spacial score (nSPS) is 10.0. The molecule has 2 aromatic rings. The number of anilines is 1. The molecular formula is C16H15N3O4S. The summed E-state index contributed by atoms with van der Waals surface area (Å²) in [6.45, 7) is 2.01. The van der Waals surface area contributed by atoms with E-state index >= 15 is 0 Å². The van der Waals surface area contributed by atoms with Crippen LogP contribution in [0.3, 0.4) is 0 Å². The van der Waals surface area contributed by atoms with E-state index in [0.717, 1.165) is 24.1 Å². The van der Waals surface area contributed by atoms with Gasteiger partial charge >= 0.3 is 0 Å². The zero-order chi connectivity index (χ0) is 17.7. The number of hydrogen-bond acceptors (Lipinski definition) is 5. The first-order valence-corrected chi connectivity index (χ1v) is 7.50. The van der Waals surface area contributed by atoms with Gasteiger partial charge in [0.2, 0.25) is 0 Å². The van der Waals surface area contributed by atoms with Crippen molar-refractivity contribution in [3.05, 3.63) is 63.7 Å². The highest BCUT2D eigenvalue weighted by Crippen LogP contribution is 2.27. The van der Waals surface area contributed by atoms with Crippen molar-refractivity contribution in [3.8, 4) is 5.75 Å². The van der Waals surface area contributed by atoms with Crippen LogP contribution >= 0.6 is 12.2 Å². The Labute approximate surface area is 143 Å². The summed E-state index contributed by atoms with van der Waals surface area (Å²) < 4.78 is 0. The number of nitrogens with zero attached hydrogens (tertiary/aromatic N) is 1. The molecule has 0 radical (unpaired) electrons. The van der Waals surface area contributed by atoms with E-state index in [2.05, 4.69) is 10.6 Å². The standard InChI is InChI=1S/C16H15N3O4S/c1-2-10-3-5-11(6-4-10)15(21)18-16(24)17-13-9-12(19(22)23)7-8-14(13)20/h3-9,20H,2H2,1H3,(H2,17,18,21,24). The molecule has 0 spiro atoms. The molecule has 0 aliphatic rings. The van der Waals surface area contributed by atoms with Gasteiger partial charge in [0.1, 0.15) is 5.75 Å². The van der Waals surface area contributed by atoms with Crippen molar-refractivity contribution >= 4 is 34.6 Å². The van der Waals surface area contributed by atoms with Crippen molar-refractivity contribution in [1.82, 2.24) is 5.32 Å². The maximum atomic E-state index is 12.1. The molecule has 124 valence electrons. The number of aromatic hydroxyl groups is 1. The Morgan fingerprint density at radius 3 is 2.50 bits per heavy atom. The number of aryl methyl sites for hydroxylation is 1. The Morgan fingerprint density at radius 1 is 1.25 bits per heavy atom. The number of non-ortho nitro benzene ring substituents is 1. The minimum Gasteiger partial charge on any atom is -0.506 e. The van der Waals surface area contributed by atoms with Crippen molar-refractivity contribution in [3.63, 3.8) is 0 Å². The van der Waals surface area contributed by atoms with E-state index in [1.54, 1.807) is 12.1 Å². The Bertz CT molecular complexity index is 790. The van der Waals surface area contributed by atoms with Crippen LogP contribution in [0.5, 0.6) is 5.75 Å². The zero-order valence-corrected chi connectivity index (χ0v) is 13.6. The highest BCUT2D eigenvalue weighted by molar-refractivity contribution is 7.80. The van der Waals surface area contributed by atoms with Gasteiger partial charge in [-0.15, -0.1) is 0 Å². The molecule has 24 heavy (non-hydrogen) atoms. The summed E-state index contributed by atoms with van der Waals surface area (Å²) in [5, 5.41) is 25.4. The van der Waals surface area contributed by atoms with Gasteiger partial charge in [0.25, 0.3) is 11.6 Å². The maximum Gasteiger partial charge on any atom is 0.271 e. The topological polar surface area (TPSA) is 104 Å². The molecule has 3 N–H and O–H groups in total. The molecule has 0 unspecified atom stereocenters. The molecule has 1 amide bonds. The fraction of sp³-hybridized carbons (Fsp3) is 0.125. The first-order valence-electron chi connectivity index (χ1n) is 7.09. The first-order chi connectivity index (χ1) is 11.4. The van der Waals surface area contributed by atoms with Crippen LogP contribution in [0.4, 0.5) is 11.4 Å². The van der Waals surface area contributed by atoms with E-state index in [0.29, 0.717) is 5.56 Å². The minimum absolute atomic E-state index is 0.0378. The van der Waals surface area contributed by atoms with Crippen LogP contribution in [0.2, 0.25) is 0 Å². The summed E-state index contributed by atoms with van der Waals surface area (Å²) in [6.07, 6.45) is 0.869. The Kier molecular flexibility index (Phi) is 5.43. The van der Waals surface area contributed by atoms with Crippen LogP contribution < -0.4 is 10.6 Å². The van der Waals surface area contributed by atoms with Gasteiger partial charge < -0.3 is 10.4 Å². The summed E-state index contributed by atoms with van der Waals surface area (Å²) in [5.74, 6) is -0.635. The summed E-state index contributed by atoms with van der Waals surface area (Å²) in [4.78, 5) is 22.3. The van der Waals surface area contributed by atoms with Crippen LogP contribution in [-0.4, -0.2) is 21.0 Å². The molecule has 0 fully saturated rings. The number of phenols is 1. The summed E-state index contributed by atoms with van der Waals surface area (Å²) >= 11 is 5.01. The van der Waals surface area contributed by atoms with Gasteiger partial charge in [0.15, 0.2) is 5.11 Å². The predicted octanol–water partition coefficient (Wildman–Crippen LogP) is 2.99. The van der Waals surface area contributed by atoms with E-state index in [4.69, 9.17) is 12.2 Å². The van der Waals surface area contributed by atoms with Gasteiger partial charge in [-0.3, -0.25) is 20.2 Å². The van der Waals surface area contributed by atoms with E-state index in [9.17, 15) is 20.0 Å². The van der Waals surface area contributed by atoms with Crippen molar-refractivity contribution < 1.29 is 14.8 Å². The third-order valence-electron chi connectivity index (χ3n) is 3.29. The third kappa shape index (κ3) is 4.26. The molecular weight excluding hydrogens is 330 g/mol. The summed E-state index contributed by atoms with van der Waals surface area (Å²) in [5.41, 5.74) is 1.36. The molecule has 0 aliphatic heterocycles. The van der Waals surface area contributed by atoms with Crippen LogP contribution in [0, 0.1) is 10.1 Å². The molecule has 0 aromatic heterocycles. The van der Waals surface area contributed by atoms with Crippen molar-refractivity contribution in [1.29, 1.82) is 0 Å².